The summed E-state index contributed by atoms with van der Waals surface area (Å²) in [5.74, 6) is -6.57. The fourth-order valence-corrected chi connectivity index (χ4v) is 1.19. The fraction of sp³-hybridized carbons (Fsp3) is 0.250. The third kappa shape index (κ3) is 3.58. The summed E-state index contributed by atoms with van der Waals surface area (Å²) in [6.07, 6.45) is -3.54. The fourth-order valence-electron chi connectivity index (χ4n) is 1.19. The molecule has 98 valence electrons. The van der Waals surface area contributed by atoms with E-state index >= 15 is 0 Å². The Hall–Kier alpha value is -1.85. The highest BCUT2D eigenvalue weighted by atomic mass is 19.3. The van der Waals surface area contributed by atoms with Crippen LogP contribution in [0.5, 0.6) is 0 Å². The number of halogens is 4. The number of allylic oxidation sites excluding steroid dienone is 2. The summed E-state index contributed by atoms with van der Waals surface area (Å²) in [6, 6.07) is 8.44. The van der Waals surface area contributed by atoms with E-state index in [1.54, 1.807) is 30.3 Å². The normalized spacial score (nSPS) is 12.7. The zero-order valence-electron chi connectivity index (χ0n) is 9.46. The van der Waals surface area contributed by atoms with E-state index in [1.165, 1.54) is 6.92 Å². The van der Waals surface area contributed by atoms with Gasteiger partial charge >= 0.3 is 12.3 Å². The van der Waals surface area contributed by atoms with Crippen molar-refractivity contribution in [3.8, 4) is 0 Å². The molecule has 0 atom stereocenters. The minimum atomic E-state index is -4.65. The Morgan fingerprint density at radius 2 is 1.83 bits per heavy atom. The van der Waals surface area contributed by atoms with Crippen LogP contribution in [-0.2, 0) is 4.79 Å². The molecular formula is C12H11F4NO. The number of para-hydroxylation sites is 1. The van der Waals surface area contributed by atoms with Crippen LogP contribution in [0.1, 0.15) is 6.92 Å². The second kappa shape index (κ2) is 5.66. The molecule has 0 saturated carbocycles. The summed E-state index contributed by atoms with van der Waals surface area (Å²) < 4.78 is 49.2. The number of anilines is 1. The van der Waals surface area contributed by atoms with E-state index in [-0.39, 0.29) is 5.70 Å². The van der Waals surface area contributed by atoms with Crippen molar-refractivity contribution in [2.75, 3.05) is 5.32 Å². The zero-order valence-corrected chi connectivity index (χ0v) is 9.46. The molecule has 0 aliphatic carbocycles. The molecule has 0 saturated heterocycles. The van der Waals surface area contributed by atoms with Gasteiger partial charge in [0.1, 0.15) is 0 Å². The molecule has 1 aromatic rings. The zero-order chi connectivity index (χ0) is 13.8. The Bertz CT molecular complexity index is 443. The molecule has 0 radical (unpaired) electrons. The van der Waals surface area contributed by atoms with Crippen molar-refractivity contribution in [3.63, 3.8) is 0 Å². The lowest BCUT2D eigenvalue weighted by atomic mass is 10.2. The van der Waals surface area contributed by atoms with Crippen molar-refractivity contribution in [2.24, 2.45) is 0 Å². The number of carbonyl (C=O) groups is 1. The van der Waals surface area contributed by atoms with Gasteiger partial charge in [0.2, 0.25) is 5.78 Å². The number of hydrogen-bond acceptors (Lipinski definition) is 2. The van der Waals surface area contributed by atoms with Crippen LogP contribution in [-0.4, -0.2) is 18.1 Å². The molecule has 0 bridgehead atoms. The second-order valence-electron chi connectivity index (χ2n) is 3.61. The predicted molar refractivity (Wildman–Crippen MR) is 59.8 cm³/mol. The molecule has 18 heavy (non-hydrogen) atoms. The minimum absolute atomic E-state index is 0.0616. The number of rotatable bonds is 5. The first kappa shape index (κ1) is 14.2. The Morgan fingerprint density at radius 1 is 1.28 bits per heavy atom. The van der Waals surface area contributed by atoms with Crippen LogP contribution < -0.4 is 5.32 Å². The molecule has 0 spiro atoms. The van der Waals surface area contributed by atoms with Gasteiger partial charge in [0.05, 0.1) is 0 Å². The van der Waals surface area contributed by atoms with Crippen LogP contribution >= 0.6 is 0 Å². The Balaban J connectivity index is 2.76. The molecule has 6 heteroatoms. The number of nitrogens with one attached hydrogen (secondary N) is 1. The van der Waals surface area contributed by atoms with Gasteiger partial charge in [-0.25, -0.2) is 8.78 Å². The van der Waals surface area contributed by atoms with Gasteiger partial charge in [-0.15, -0.1) is 0 Å². The van der Waals surface area contributed by atoms with E-state index in [1.807, 2.05) is 0 Å². The average Bonchev–Trinajstić information content (AvgIpc) is 2.29. The van der Waals surface area contributed by atoms with E-state index in [2.05, 4.69) is 5.32 Å². The summed E-state index contributed by atoms with van der Waals surface area (Å²) in [5.41, 5.74) is 0.630. The van der Waals surface area contributed by atoms with Crippen LogP contribution in [0.3, 0.4) is 0 Å². The lowest BCUT2D eigenvalue weighted by Crippen LogP contribution is -2.35. The number of hydrogen-bond donors (Lipinski definition) is 1. The van der Waals surface area contributed by atoms with E-state index in [0.717, 1.165) is 0 Å². The summed E-state index contributed by atoms with van der Waals surface area (Å²) >= 11 is 0. The van der Waals surface area contributed by atoms with Gasteiger partial charge in [-0.3, -0.25) is 4.79 Å². The van der Waals surface area contributed by atoms with Crippen LogP contribution in [0, 0.1) is 0 Å². The molecule has 1 N–H and O–H groups in total. The van der Waals surface area contributed by atoms with Crippen molar-refractivity contribution in [1.29, 1.82) is 0 Å². The molecular weight excluding hydrogens is 250 g/mol. The lowest BCUT2D eigenvalue weighted by Gasteiger charge is -2.12. The van der Waals surface area contributed by atoms with E-state index in [4.69, 9.17) is 0 Å². The number of ketones is 1. The van der Waals surface area contributed by atoms with Crippen molar-refractivity contribution in [3.05, 3.63) is 42.1 Å². The summed E-state index contributed by atoms with van der Waals surface area (Å²) in [4.78, 5) is 11.0. The molecule has 0 aromatic heterocycles. The van der Waals surface area contributed by atoms with Gasteiger partial charge in [-0.1, -0.05) is 18.2 Å². The van der Waals surface area contributed by atoms with Gasteiger partial charge in [0, 0.05) is 17.5 Å². The van der Waals surface area contributed by atoms with E-state index < -0.39 is 18.1 Å². The van der Waals surface area contributed by atoms with E-state index in [0.29, 0.717) is 11.8 Å². The van der Waals surface area contributed by atoms with Crippen molar-refractivity contribution in [1.82, 2.24) is 0 Å². The topological polar surface area (TPSA) is 29.1 Å². The molecule has 0 amide bonds. The van der Waals surface area contributed by atoms with E-state index in [9.17, 15) is 22.4 Å². The first-order valence-electron chi connectivity index (χ1n) is 5.05. The number of alkyl halides is 4. The van der Waals surface area contributed by atoms with Crippen LogP contribution in [0.25, 0.3) is 0 Å². The third-order valence-electron chi connectivity index (χ3n) is 2.07. The monoisotopic (exact) mass is 261 g/mol. The maximum Gasteiger partial charge on any atom is 0.368 e. The highest BCUT2D eigenvalue weighted by molar-refractivity contribution is 5.96. The molecule has 2 nitrogen and oxygen atoms in total. The van der Waals surface area contributed by atoms with Crippen molar-refractivity contribution >= 4 is 11.5 Å². The third-order valence-corrected chi connectivity index (χ3v) is 2.07. The smallest absolute Gasteiger partial charge is 0.359 e. The first-order chi connectivity index (χ1) is 8.34. The van der Waals surface area contributed by atoms with Gasteiger partial charge in [-0.2, -0.15) is 8.78 Å². The molecule has 1 aromatic carbocycles. The molecule has 0 fully saturated rings. The van der Waals surface area contributed by atoms with Gasteiger partial charge < -0.3 is 5.32 Å². The number of benzene rings is 1. The second-order valence-corrected chi connectivity index (χ2v) is 3.61. The predicted octanol–water partition coefficient (Wildman–Crippen LogP) is 3.47. The van der Waals surface area contributed by atoms with Crippen LogP contribution in [0.2, 0.25) is 0 Å². The van der Waals surface area contributed by atoms with Crippen LogP contribution in [0.4, 0.5) is 23.2 Å². The summed E-state index contributed by atoms with van der Waals surface area (Å²) in [6.45, 7) is 1.34. The Labute approximate surface area is 101 Å². The van der Waals surface area contributed by atoms with Gasteiger partial charge in [0.15, 0.2) is 0 Å². The SMILES string of the molecule is C/C(=C\C(=O)C(F)(F)C(F)F)Nc1ccccc1. The van der Waals surface area contributed by atoms with Gasteiger partial charge in [-0.05, 0) is 19.1 Å². The van der Waals surface area contributed by atoms with Crippen molar-refractivity contribution < 1.29 is 22.4 Å². The quantitative estimate of drug-likeness (QED) is 0.649. The Morgan fingerprint density at radius 3 is 2.33 bits per heavy atom. The molecule has 0 aliphatic rings. The molecule has 0 heterocycles. The van der Waals surface area contributed by atoms with Crippen LogP contribution in [0.15, 0.2) is 42.1 Å². The highest BCUT2D eigenvalue weighted by Crippen LogP contribution is 2.24. The maximum atomic E-state index is 12.7. The highest BCUT2D eigenvalue weighted by Gasteiger charge is 2.47. The largest absolute Gasteiger partial charge is 0.368 e. The first-order valence-corrected chi connectivity index (χ1v) is 5.05. The molecule has 1 rings (SSSR count). The molecule has 0 aliphatic heterocycles. The van der Waals surface area contributed by atoms with Gasteiger partial charge in [0.25, 0.3) is 0 Å². The molecule has 0 unspecified atom stereocenters. The number of carbonyl (C=O) groups excluding carboxylic acids is 1. The standard InChI is InChI=1S/C12H11F4NO/c1-8(17-9-5-3-2-4-6-9)7-10(18)12(15,16)11(13)14/h2-7,11,17H,1H3/b8-7+. The summed E-state index contributed by atoms with van der Waals surface area (Å²) in [7, 11) is 0. The Kier molecular flexibility index (Phi) is 4.47. The average molecular weight is 261 g/mol. The van der Waals surface area contributed by atoms with Crippen molar-refractivity contribution in [2.45, 2.75) is 19.3 Å². The maximum absolute atomic E-state index is 12.7. The minimum Gasteiger partial charge on any atom is -0.359 e. The summed E-state index contributed by atoms with van der Waals surface area (Å²) in [5, 5.41) is 2.65. The lowest BCUT2D eigenvalue weighted by molar-refractivity contribution is -0.161.